The van der Waals surface area contributed by atoms with E-state index in [9.17, 15) is 4.79 Å². The second-order valence-corrected chi connectivity index (χ2v) is 4.79. The first kappa shape index (κ1) is 14.2. The van der Waals surface area contributed by atoms with Crippen molar-refractivity contribution in [2.24, 2.45) is 5.73 Å². The number of hydrogen-bond donors (Lipinski definition) is 3. The predicted molar refractivity (Wildman–Crippen MR) is 78.3 cm³/mol. The number of piperidine rings is 1. The molecule has 1 aliphatic heterocycles. The number of ether oxygens (including phenoxy) is 1. The molecule has 1 heterocycles. The molecule has 1 aromatic carbocycles. The van der Waals surface area contributed by atoms with E-state index in [1.807, 2.05) is 17.0 Å². The lowest BCUT2D eigenvalue weighted by molar-refractivity contribution is 0.200. The molecule has 0 unspecified atom stereocenters. The Labute approximate surface area is 118 Å². The molecule has 0 aromatic heterocycles. The first-order valence-corrected chi connectivity index (χ1v) is 6.77. The molecule has 0 atom stereocenters. The van der Waals surface area contributed by atoms with Crippen LogP contribution in [0.2, 0.25) is 0 Å². The van der Waals surface area contributed by atoms with Crippen molar-refractivity contribution in [3.05, 3.63) is 24.3 Å². The summed E-state index contributed by atoms with van der Waals surface area (Å²) >= 11 is 0. The number of urea groups is 1. The largest absolute Gasteiger partial charge is 0.484 e. The lowest BCUT2D eigenvalue weighted by Crippen LogP contribution is -2.38. The van der Waals surface area contributed by atoms with Crippen molar-refractivity contribution in [3.63, 3.8) is 0 Å². The summed E-state index contributed by atoms with van der Waals surface area (Å²) in [6.45, 7) is 1.60. The van der Waals surface area contributed by atoms with Crippen LogP contribution in [-0.4, -0.2) is 36.5 Å². The number of benzene rings is 1. The fourth-order valence-electron chi connectivity index (χ4n) is 2.14. The SMILES string of the molecule is N=C(N)COc1ccccc1NC(=O)N1CCCCC1. The number of nitrogens with one attached hydrogen (secondary N) is 2. The van der Waals surface area contributed by atoms with Crippen LogP contribution in [0.15, 0.2) is 24.3 Å². The molecule has 0 spiro atoms. The predicted octanol–water partition coefficient (Wildman–Crippen LogP) is 2.02. The van der Waals surface area contributed by atoms with Gasteiger partial charge in [0.15, 0.2) is 0 Å². The second kappa shape index (κ2) is 6.79. The number of nitrogens with two attached hydrogens (primary N) is 1. The van der Waals surface area contributed by atoms with E-state index in [2.05, 4.69) is 5.32 Å². The first-order valence-electron chi connectivity index (χ1n) is 6.77. The maximum atomic E-state index is 12.2. The Hall–Kier alpha value is -2.24. The minimum absolute atomic E-state index is 0.0105. The Morgan fingerprint density at radius 2 is 2.00 bits per heavy atom. The van der Waals surface area contributed by atoms with E-state index in [0.29, 0.717) is 11.4 Å². The molecule has 6 nitrogen and oxygen atoms in total. The Morgan fingerprint density at radius 1 is 1.30 bits per heavy atom. The third-order valence-corrected chi connectivity index (χ3v) is 3.16. The van der Waals surface area contributed by atoms with Crippen molar-refractivity contribution >= 4 is 17.6 Å². The monoisotopic (exact) mass is 276 g/mol. The van der Waals surface area contributed by atoms with Crippen LogP contribution in [0.1, 0.15) is 19.3 Å². The molecule has 4 N–H and O–H groups in total. The van der Waals surface area contributed by atoms with Gasteiger partial charge in [-0.2, -0.15) is 0 Å². The summed E-state index contributed by atoms with van der Waals surface area (Å²) in [6.07, 6.45) is 3.29. The second-order valence-electron chi connectivity index (χ2n) is 4.79. The van der Waals surface area contributed by atoms with Gasteiger partial charge in [0.25, 0.3) is 0 Å². The van der Waals surface area contributed by atoms with Gasteiger partial charge in [0.05, 0.1) is 5.69 Å². The summed E-state index contributed by atoms with van der Waals surface area (Å²) in [4.78, 5) is 14.0. The fraction of sp³-hybridized carbons (Fsp3) is 0.429. The summed E-state index contributed by atoms with van der Waals surface area (Å²) in [5.74, 6) is 0.468. The van der Waals surface area contributed by atoms with Crippen molar-refractivity contribution in [1.29, 1.82) is 5.41 Å². The average Bonchev–Trinajstić information content (AvgIpc) is 2.47. The van der Waals surface area contributed by atoms with Gasteiger partial charge in [-0.05, 0) is 31.4 Å². The van der Waals surface area contributed by atoms with E-state index >= 15 is 0 Å². The van der Waals surface area contributed by atoms with Gasteiger partial charge in [0, 0.05) is 13.1 Å². The number of carbonyl (C=O) groups excluding carboxylic acids is 1. The highest BCUT2D eigenvalue weighted by atomic mass is 16.5. The van der Waals surface area contributed by atoms with Gasteiger partial charge >= 0.3 is 6.03 Å². The van der Waals surface area contributed by atoms with Crippen molar-refractivity contribution in [1.82, 2.24) is 4.90 Å². The maximum Gasteiger partial charge on any atom is 0.321 e. The van der Waals surface area contributed by atoms with Gasteiger partial charge < -0.3 is 20.7 Å². The molecule has 6 heteroatoms. The minimum atomic E-state index is -0.108. The average molecular weight is 276 g/mol. The van der Waals surface area contributed by atoms with Crippen LogP contribution in [0.25, 0.3) is 0 Å². The van der Waals surface area contributed by atoms with E-state index in [4.69, 9.17) is 15.9 Å². The highest BCUT2D eigenvalue weighted by molar-refractivity contribution is 5.91. The number of likely N-dealkylation sites (tertiary alicyclic amines) is 1. The molecule has 1 aliphatic rings. The van der Waals surface area contributed by atoms with Crippen LogP contribution >= 0.6 is 0 Å². The molecule has 2 rings (SSSR count). The third kappa shape index (κ3) is 3.88. The zero-order valence-corrected chi connectivity index (χ0v) is 11.4. The van der Waals surface area contributed by atoms with Gasteiger partial charge in [-0.15, -0.1) is 0 Å². The van der Waals surface area contributed by atoms with E-state index < -0.39 is 0 Å². The number of nitrogens with zero attached hydrogens (tertiary/aromatic N) is 1. The summed E-state index contributed by atoms with van der Waals surface area (Å²) in [5, 5.41) is 10.0. The Morgan fingerprint density at radius 3 is 2.70 bits per heavy atom. The number of para-hydroxylation sites is 2. The summed E-state index contributed by atoms with van der Waals surface area (Å²) < 4.78 is 5.40. The molecule has 1 saturated heterocycles. The third-order valence-electron chi connectivity index (χ3n) is 3.16. The number of anilines is 1. The highest BCUT2D eigenvalue weighted by Crippen LogP contribution is 2.24. The van der Waals surface area contributed by atoms with E-state index in [-0.39, 0.29) is 18.5 Å². The van der Waals surface area contributed by atoms with E-state index in [0.717, 1.165) is 25.9 Å². The fourth-order valence-corrected chi connectivity index (χ4v) is 2.14. The van der Waals surface area contributed by atoms with Crippen LogP contribution in [-0.2, 0) is 0 Å². The molecule has 0 radical (unpaired) electrons. The maximum absolute atomic E-state index is 12.2. The smallest absolute Gasteiger partial charge is 0.321 e. The molecular formula is C14H20N4O2. The zero-order valence-electron chi connectivity index (χ0n) is 11.4. The normalized spacial score (nSPS) is 14.7. The Kier molecular flexibility index (Phi) is 4.81. The first-order chi connectivity index (χ1) is 9.66. The number of rotatable bonds is 4. The lowest BCUT2D eigenvalue weighted by Gasteiger charge is -2.27. The van der Waals surface area contributed by atoms with Crippen LogP contribution in [0, 0.1) is 5.41 Å². The zero-order chi connectivity index (χ0) is 14.4. The van der Waals surface area contributed by atoms with Gasteiger partial charge in [-0.1, -0.05) is 12.1 Å². The van der Waals surface area contributed by atoms with Crippen molar-refractivity contribution in [2.75, 3.05) is 25.0 Å². The lowest BCUT2D eigenvalue weighted by atomic mass is 10.1. The Balaban J connectivity index is 2.00. The number of amides is 2. The van der Waals surface area contributed by atoms with Crippen LogP contribution in [0.5, 0.6) is 5.75 Å². The van der Waals surface area contributed by atoms with Crippen LogP contribution in [0.3, 0.4) is 0 Å². The van der Waals surface area contributed by atoms with Gasteiger partial charge in [0.1, 0.15) is 18.2 Å². The number of carbonyl (C=O) groups is 1. The van der Waals surface area contributed by atoms with Crippen molar-refractivity contribution in [3.8, 4) is 5.75 Å². The van der Waals surface area contributed by atoms with Crippen molar-refractivity contribution in [2.45, 2.75) is 19.3 Å². The molecule has 20 heavy (non-hydrogen) atoms. The number of hydrogen-bond acceptors (Lipinski definition) is 3. The molecule has 108 valence electrons. The minimum Gasteiger partial charge on any atom is -0.484 e. The molecular weight excluding hydrogens is 256 g/mol. The molecule has 0 saturated carbocycles. The van der Waals surface area contributed by atoms with Gasteiger partial charge in [0.2, 0.25) is 0 Å². The molecule has 1 aromatic rings. The van der Waals surface area contributed by atoms with Crippen LogP contribution in [0.4, 0.5) is 10.5 Å². The highest BCUT2D eigenvalue weighted by Gasteiger charge is 2.17. The Bertz CT molecular complexity index is 484. The quantitative estimate of drug-likeness (QED) is 0.580. The van der Waals surface area contributed by atoms with E-state index in [1.54, 1.807) is 12.1 Å². The number of amidine groups is 1. The van der Waals surface area contributed by atoms with Crippen molar-refractivity contribution < 1.29 is 9.53 Å². The summed E-state index contributed by atoms with van der Waals surface area (Å²) in [5.41, 5.74) is 5.87. The standard InChI is InChI=1S/C14H20N4O2/c15-13(16)10-20-12-7-3-2-6-11(12)17-14(19)18-8-4-1-5-9-18/h2-3,6-7H,1,4-5,8-10H2,(H3,15,16)(H,17,19). The summed E-state index contributed by atoms with van der Waals surface area (Å²) in [7, 11) is 0. The molecule has 2 amide bonds. The van der Waals surface area contributed by atoms with Gasteiger partial charge in [-0.3, -0.25) is 5.41 Å². The molecule has 0 aliphatic carbocycles. The van der Waals surface area contributed by atoms with E-state index in [1.165, 1.54) is 6.42 Å². The van der Waals surface area contributed by atoms with Gasteiger partial charge in [-0.25, -0.2) is 4.79 Å². The molecule has 1 fully saturated rings. The molecule has 0 bridgehead atoms. The summed E-state index contributed by atoms with van der Waals surface area (Å²) in [6, 6.07) is 7.05. The van der Waals surface area contributed by atoms with Crippen LogP contribution < -0.4 is 15.8 Å². The topological polar surface area (TPSA) is 91.4 Å².